The number of carbonyl (C=O) groups excluding carboxylic acids is 1. The van der Waals surface area contributed by atoms with Gasteiger partial charge in [0.2, 0.25) is 0 Å². The van der Waals surface area contributed by atoms with Crippen LogP contribution in [0.15, 0.2) is 65.8 Å². The van der Waals surface area contributed by atoms with Crippen molar-refractivity contribution >= 4 is 5.97 Å². The second kappa shape index (κ2) is 4.78. The summed E-state index contributed by atoms with van der Waals surface area (Å²) in [6, 6.07) is 9.89. The largest absolute Gasteiger partial charge is 0.449 e. The molecule has 102 valence electrons. The SMILES string of the molecule is CC1(C)/C=C\C2=C(/C=C\C1)C(=O)OC2c1ccccc1. The summed E-state index contributed by atoms with van der Waals surface area (Å²) < 4.78 is 5.56. The highest BCUT2D eigenvalue weighted by atomic mass is 16.5. The Morgan fingerprint density at radius 3 is 2.65 bits per heavy atom. The Morgan fingerprint density at radius 2 is 1.90 bits per heavy atom. The van der Waals surface area contributed by atoms with E-state index in [0.29, 0.717) is 5.57 Å². The second-order valence-electron chi connectivity index (χ2n) is 5.99. The van der Waals surface area contributed by atoms with Crippen LogP contribution in [-0.4, -0.2) is 5.97 Å². The molecule has 20 heavy (non-hydrogen) atoms. The molecule has 1 aromatic carbocycles. The summed E-state index contributed by atoms with van der Waals surface area (Å²) in [5.41, 5.74) is 2.76. The van der Waals surface area contributed by atoms with Crippen LogP contribution in [0.1, 0.15) is 31.9 Å². The van der Waals surface area contributed by atoms with Crippen LogP contribution < -0.4 is 0 Å². The summed E-state index contributed by atoms with van der Waals surface area (Å²) in [6.07, 6.45) is 8.84. The first-order valence-corrected chi connectivity index (χ1v) is 6.93. The lowest BCUT2D eigenvalue weighted by atomic mass is 9.85. The van der Waals surface area contributed by atoms with Crippen LogP contribution >= 0.6 is 0 Å². The Bertz CT molecular complexity index is 618. The van der Waals surface area contributed by atoms with Gasteiger partial charge in [-0.25, -0.2) is 4.79 Å². The number of allylic oxidation sites excluding steroid dienone is 2. The summed E-state index contributed by atoms with van der Waals surface area (Å²) in [6.45, 7) is 4.38. The van der Waals surface area contributed by atoms with Crippen molar-refractivity contribution in [3.63, 3.8) is 0 Å². The van der Waals surface area contributed by atoms with Gasteiger partial charge in [-0.2, -0.15) is 0 Å². The number of cyclic esters (lactones) is 1. The molecule has 0 fully saturated rings. The maximum atomic E-state index is 12.1. The van der Waals surface area contributed by atoms with Crippen LogP contribution in [0.25, 0.3) is 0 Å². The molecule has 1 heterocycles. The number of benzene rings is 1. The van der Waals surface area contributed by atoms with Crippen molar-refractivity contribution in [2.45, 2.75) is 26.4 Å². The Balaban J connectivity index is 2.06. The van der Waals surface area contributed by atoms with Crippen LogP contribution in [0.4, 0.5) is 0 Å². The highest BCUT2D eigenvalue weighted by Crippen LogP contribution is 2.39. The van der Waals surface area contributed by atoms with Crippen molar-refractivity contribution in [3.05, 3.63) is 71.3 Å². The van der Waals surface area contributed by atoms with Gasteiger partial charge in [0.15, 0.2) is 6.10 Å². The number of rotatable bonds is 1. The van der Waals surface area contributed by atoms with Gasteiger partial charge in [-0.1, -0.05) is 68.5 Å². The van der Waals surface area contributed by atoms with Crippen LogP contribution in [0, 0.1) is 5.41 Å². The van der Waals surface area contributed by atoms with E-state index in [1.165, 1.54) is 0 Å². The monoisotopic (exact) mass is 266 g/mol. The lowest BCUT2D eigenvalue weighted by Gasteiger charge is -2.20. The molecule has 1 unspecified atom stereocenters. The molecule has 3 rings (SSSR count). The van der Waals surface area contributed by atoms with Gasteiger partial charge in [0, 0.05) is 5.57 Å². The molecule has 2 heteroatoms. The predicted molar refractivity (Wildman–Crippen MR) is 79.0 cm³/mol. The number of carbonyl (C=O) groups is 1. The van der Waals surface area contributed by atoms with E-state index in [9.17, 15) is 4.79 Å². The summed E-state index contributed by atoms with van der Waals surface area (Å²) in [4.78, 5) is 12.1. The molecule has 0 aromatic heterocycles. The molecule has 0 bridgehead atoms. The molecule has 0 N–H and O–H groups in total. The normalized spacial score (nSPS) is 27.3. The highest BCUT2D eigenvalue weighted by molar-refractivity contribution is 5.96. The van der Waals surface area contributed by atoms with Gasteiger partial charge in [0.05, 0.1) is 5.57 Å². The van der Waals surface area contributed by atoms with E-state index >= 15 is 0 Å². The highest BCUT2D eigenvalue weighted by Gasteiger charge is 2.33. The van der Waals surface area contributed by atoms with Gasteiger partial charge in [0.25, 0.3) is 0 Å². The molecular weight excluding hydrogens is 248 g/mol. The third-order valence-corrected chi connectivity index (χ3v) is 3.78. The Hall–Kier alpha value is -2.09. The van der Waals surface area contributed by atoms with E-state index in [2.05, 4.69) is 32.1 Å². The maximum absolute atomic E-state index is 12.1. The first-order chi connectivity index (χ1) is 9.57. The molecule has 0 saturated carbocycles. The maximum Gasteiger partial charge on any atom is 0.339 e. The first kappa shape index (κ1) is 12.9. The standard InChI is InChI=1S/C18H18O2/c1-18(2)11-6-9-15-14(10-12-18)16(20-17(15)19)13-7-4-3-5-8-13/h3-10,12,16H,11H2,1-2H3/b9-6-,12-10-. The zero-order valence-electron chi connectivity index (χ0n) is 11.8. The summed E-state index contributed by atoms with van der Waals surface area (Å²) in [5.74, 6) is -0.227. The fourth-order valence-corrected chi connectivity index (χ4v) is 2.57. The first-order valence-electron chi connectivity index (χ1n) is 6.93. The molecule has 0 amide bonds. The predicted octanol–water partition coefficient (Wildman–Crippen LogP) is 4.12. The zero-order valence-corrected chi connectivity index (χ0v) is 11.8. The number of esters is 1. The third-order valence-electron chi connectivity index (χ3n) is 3.78. The van der Waals surface area contributed by atoms with Gasteiger partial charge >= 0.3 is 5.97 Å². The van der Waals surface area contributed by atoms with E-state index in [1.54, 1.807) is 0 Å². The zero-order chi connectivity index (χ0) is 14.2. The molecule has 2 nitrogen and oxygen atoms in total. The second-order valence-corrected chi connectivity index (χ2v) is 5.99. The van der Waals surface area contributed by atoms with Crippen LogP contribution in [-0.2, 0) is 9.53 Å². The summed E-state index contributed by atoms with van der Waals surface area (Å²) in [7, 11) is 0. The van der Waals surface area contributed by atoms with Gasteiger partial charge in [-0.3, -0.25) is 0 Å². The van der Waals surface area contributed by atoms with Crippen molar-refractivity contribution in [1.29, 1.82) is 0 Å². The fraction of sp³-hybridized carbons (Fsp3) is 0.278. The topological polar surface area (TPSA) is 26.3 Å². The average molecular weight is 266 g/mol. The van der Waals surface area contributed by atoms with Crippen molar-refractivity contribution in [2.24, 2.45) is 5.41 Å². The molecular formula is C18H18O2. The summed E-state index contributed by atoms with van der Waals surface area (Å²) >= 11 is 0. The van der Waals surface area contributed by atoms with E-state index in [1.807, 2.05) is 36.4 Å². The lowest BCUT2D eigenvalue weighted by molar-refractivity contribution is -0.139. The molecule has 2 aliphatic rings. The molecule has 0 radical (unpaired) electrons. The van der Waals surface area contributed by atoms with Crippen molar-refractivity contribution in [3.8, 4) is 0 Å². The minimum atomic E-state index is -0.284. The van der Waals surface area contributed by atoms with Crippen molar-refractivity contribution in [2.75, 3.05) is 0 Å². The van der Waals surface area contributed by atoms with Crippen molar-refractivity contribution < 1.29 is 9.53 Å². The number of hydrogen-bond acceptors (Lipinski definition) is 2. The average Bonchev–Trinajstić information content (AvgIpc) is 2.72. The minimum absolute atomic E-state index is 0.0991. The Kier molecular flexibility index (Phi) is 3.09. The fourth-order valence-electron chi connectivity index (χ4n) is 2.57. The van der Waals surface area contributed by atoms with Gasteiger partial charge in [0.1, 0.15) is 0 Å². The van der Waals surface area contributed by atoms with E-state index in [-0.39, 0.29) is 17.5 Å². The molecule has 0 spiro atoms. The molecule has 1 aliphatic carbocycles. The number of hydrogen-bond donors (Lipinski definition) is 0. The van der Waals surface area contributed by atoms with E-state index in [0.717, 1.165) is 17.6 Å². The van der Waals surface area contributed by atoms with E-state index < -0.39 is 0 Å². The van der Waals surface area contributed by atoms with Crippen LogP contribution in [0.3, 0.4) is 0 Å². The molecule has 1 atom stereocenters. The van der Waals surface area contributed by atoms with Gasteiger partial charge in [-0.05, 0) is 17.4 Å². The van der Waals surface area contributed by atoms with Crippen LogP contribution in [0.2, 0.25) is 0 Å². The smallest absolute Gasteiger partial charge is 0.339 e. The Morgan fingerprint density at radius 1 is 1.15 bits per heavy atom. The van der Waals surface area contributed by atoms with Gasteiger partial charge < -0.3 is 4.74 Å². The molecule has 1 aliphatic heterocycles. The molecule has 1 aromatic rings. The Labute approximate surface area is 119 Å². The third kappa shape index (κ3) is 2.34. The van der Waals surface area contributed by atoms with Gasteiger partial charge in [-0.15, -0.1) is 0 Å². The van der Waals surface area contributed by atoms with Crippen molar-refractivity contribution in [1.82, 2.24) is 0 Å². The summed E-state index contributed by atoms with van der Waals surface area (Å²) in [5, 5.41) is 0. The van der Waals surface area contributed by atoms with Crippen LogP contribution in [0.5, 0.6) is 0 Å². The number of ether oxygens (including phenoxy) is 1. The van der Waals surface area contributed by atoms with E-state index in [4.69, 9.17) is 4.74 Å². The molecule has 0 saturated heterocycles. The minimum Gasteiger partial charge on any atom is -0.449 e. The lowest BCUT2D eigenvalue weighted by Crippen LogP contribution is -2.07. The quantitative estimate of drug-likeness (QED) is 0.715.